The highest BCUT2D eigenvalue weighted by Crippen LogP contribution is 2.33. The summed E-state index contributed by atoms with van der Waals surface area (Å²) in [6.45, 7) is -0.295. The monoisotopic (exact) mass is 382 g/mol. The Hall–Kier alpha value is 0.140. The van der Waals surface area contributed by atoms with E-state index < -0.39 is 18.3 Å². The highest BCUT2D eigenvalue weighted by Gasteiger charge is 2.36. The van der Waals surface area contributed by atoms with Crippen molar-refractivity contribution in [1.29, 1.82) is 0 Å². The summed E-state index contributed by atoms with van der Waals surface area (Å²) in [5.41, 5.74) is 0.952. The van der Waals surface area contributed by atoms with Crippen molar-refractivity contribution < 1.29 is 20.1 Å². The molecular weight excluding hydrogens is 367 g/mol. The van der Waals surface area contributed by atoms with E-state index in [0.29, 0.717) is 6.42 Å². The van der Waals surface area contributed by atoms with Crippen LogP contribution >= 0.6 is 30.1 Å². The standard InChI is InChI=1S/C12H15IO4S/c13-18-8-3-1-7(2-4-8)10-5-9(15)12(16)11(6-14)17-10/h1-4,9-12,14-16H,5-6H2/t9?,10?,11?,12-/m0/s1. The lowest BCUT2D eigenvalue weighted by Gasteiger charge is -2.36. The molecule has 3 N–H and O–H groups in total. The molecule has 0 aromatic heterocycles. The van der Waals surface area contributed by atoms with Gasteiger partial charge in [0.25, 0.3) is 0 Å². The van der Waals surface area contributed by atoms with Crippen LogP contribution in [0.2, 0.25) is 0 Å². The first-order chi connectivity index (χ1) is 8.65. The smallest absolute Gasteiger partial charge is 0.110 e. The number of hydrogen-bond acceptors (Lipinski definition) is 5. The Morgan fingerprint density at radius 2 is 1.94 bits per heavy atom. The topological polar surface area (TPSA) is 69.9 Å². The number of rotatable bonds is 3. The molecule has 0 amide bonds. The molecular formula is C12H15IO4S. The number of benzene rings is 1. The van der Waals surface area contributed by atoms with Crippen LogP contribution < -0.4 is 0 Å². The summed E-state index contributed by atoms with van der Waals surface area (Å²) in [5, 5.41) is 28.5. The molecule has 1 aromatic carbocycles. The van der Waals surface area contributed by atoms with Gasteiger partial charge in [0.2, 0.25) is 0 Å². The molecule has 0 saturated carbocycles. The molecule has 6 heteroatoms. The fourth-order valence-corrected chi connectivity index (χ4v) is 3.17. The van der Waals surface area contributed by atoms with Crippen molar-refractivity contribution >= 4 is 30.1 Å². The van der Waals surface area contributed by atoms with Crippen LogP contribution in [0, 0.1) is 0 Å². The van der Waals surface area contributed by atoms with Gasteiger partial charge in [-0.15, -0.1) is 0 Å². The van der Waals surface area contributed by atoms with Crippen molar-refractivity contribution in [2.75, 3.05) is 6.61 Å². The van der Waals surface area contributed by atoms with E-state index in [1.807, 2.05) is 24.3 Å². The summed E-state index contributed by atoms with van der Waals surface area (Å²) in [7, 11) is 1.63. The Kier molecular flexibility index (Phi) is 5.28. The van der Waals surface area contributed by atoms with Gasteiger partial charge in [-0.2, -0.15) is 0 Å². The summed E-state index contributed by atoms with van der Waals surface area (Å²) < 4.78 is 5.61. The van der Waals surface area contributed by atoms with E-state index in [4.69, 9.17) is 9.84 Å². The van der Waals surface area contributed by atoms with Gasteiger partial charge >= 0.3 is 0 Å². The largest absolute Gasteiger partial charge is 0.394 e. The molecule has 0 aliphatic carbocycles. The lowest BCUT2D eigenvalue weighted by molar-refractivity contribution is -0.181. The number of aliphatic hydroxyl groups is 3. The minimum Gasteiger partial charge on any atom is -0.394 e. The van der Waals surface area contributed by atoms with E-state index in [1.165, 1.54) is 0 Å². The predicted molar refractivity (Wildman–Crippen MR) is 77.6 cm³/mol. The fourth-order valence-electron chi connectivity index (χ4n) is 2.05. The third-order valence-corrected chi connectivity index (χ3v) is 5.07. The molecule has 1 aromatic rings. The molecule has 1 heterocycles. The minimum atomic E-state index is -1.02. The second-order valence-corrected chi connectivity index (χ2v) is 6.23. The van der Waals surface area contributed by atoms with Crippen LogP contribution in [0.3, 0.4) is 0 Å². The van der Waals surface area contributed by atoms with Crippen molar-refractivity contribution in [2.24, 2.45) is 0 Å². The van der Waals surface area contributed by atoms with Crippen LogP contribution in [0.1, 0.15) is 18.1 Å². The molecule has 4 atom stereocenters. The van der Waals surface area contributed by atoms with Crippen LogP contribution in [0.25, 0.3) is 0 Å². The summed E-state index contributed by atoms with van der Waals surface area (Å²) in [4.78, 5) is 1.15. The van der Waals surface area contributed by atoms with Gasteiger partial charge in [-0.25, -0.2) is 0 Å². The van der Waals surface area contributed by atoms with Crippen molar-refractivity contribution in [3.63, 3.8) is 0 Å². The first kappa shape index (κ1) is 14.5. The van der Waals surface area contributed by atoms with Gasteiger partial charge in [0, 0.05) is 32.5 Å². The van der Waals surface area contributed by atoms with Crippen molar-refractivity contribution in [3.05, 3.63) is 29.8 Å². The van der Waals surface area contributed by atoms with Crippen molar-refractivity contribution in [1.82, 2.24) is 0 Å². The van der Waals surface area contributed by atoms with Crippen molar-refractivity contribution in [3.8, 4) is 0 Å². The Morgan fingerprint density at radius 3 is 2.50 bits per heavy atom. The molecule has 1 aliphatic heterocycles. The van der Waals surface area contributed by atoms with Gasteiger partial charge < -0.3 is 20.1 Å². The molecule has 3 unspecified atom stereocenters. The average Bonchev–Trinajstić information content (AvgIpc) is 2.42. The molecule has 100 valence electrons. The van der Waals surface area contributed by atoms with E-state index in [2.05, 4.69) is 21.2 Å². The predicted octanol–water partition coefficient (Wildman–Crippen LogP) is 1.67. The van der Waals surface area contributed by atoms with E-state index >= 15 is 0 Å². The van der Waals surface area contributed by atoms with Crippen LogP contribution in [0.5, 0.6) is 0 Å². The zero-order chi connectivity index (χ0) is 13.1. The Balaban J connectivity index is 2.12. The van der Waals surface area contributed by atoms with Crippen LogP contribution in [0.4, 0.5) is 0 Å². The van der Waals surface area contributed by atoms with Gasteiger partial charge in [0.1, 0.15) is 12.2 Å². The van der Waals surface area contributed by atoms with Gasteiger partial charge in [-0.1, -0.05) is 21.1 Å². The first-order valence-corrected chi connectivity index (χ1v) is 9.02. The summed E-state index contributed by atoms with van der Waals surface area (Å²) in [6, 6.07) is 7.87. The molecule has 0 bridgehead atoms. The maximum absolute atomic E-state index is 9.77. The first-order valence-electron chi connectivity index (χ1n) is 5.66. The summed E-state index contributed by atoms with van der Waals surface area (Å²) in [6.07, 6.45) is -2.55. The zero-order valence-electron chi connectivity index (χ0n) is 9.57. The minimum absolute atomic E-state index is 0.284. The summed E-state index contributed by atoms with van der Waals surface area (Å²) >= 11 is 2.21. The highest BCUT2D eigenvalue weighted by molar-refractivity contribution is 14.2. The van der Waals surface area contributed by atoms with E-state index in [0.717, 1.165) is 10.5 Å². The maximum atomic E-state index is 9.77. The van der Waals surface area contributed by atoms with Gasteiger partial charge in [-0.05, 0) is 17.7 Å². The van der Waals surface area contributed by atoms with E-state index in [-0.39, 0.29) is 12.7 Å². The lowest BCUT2D eigenvalue weighted by atomic mass is 9.94. The maximum Gasteiger partial charge on any atom is 0.110 e. The van der Waals surface area contributed by atoms with Crippen molar-refractivity contribution in [2.45, 2.75) is 35.7 Å². The molecule has 1 saturated heterocycles. The normalized spacial score (nSPS) is 32.4. The van der Waals surface area contributed by atoms with Gasteiger partial charge in [0.15, 0.2) is 0 Å². The zero-order valence-corrected chi connectivity index (χ0v) is 12.5. The Labute approximate surface area is 122 Å². The number of ether oxygens (including phenoxy) is 1. The summed E-state index contributed by atoms with van der Waals surface area (Å²) in [5.74, 6) is 0. The number of hydrogen-bond donors (Lipinski definition) is 3. The van der Waals surface area contributed by atoms with E-state index in [9.17, 15) is 10.2 Å². The second-order valence-electron chi connectivity index (χ2n) is 4.29. The number of aliphatic hydroxyl groups excluding tert-OH is 3. The molecule has 1 fully saturated rings. The molecule has 18 heavy (non-hydrogen) atoms. The average molecular weight is 382 g/mol. The molecule has 0 radical (unpaired) electrons. The van der Waals surface area contributed by atoms with E-state index in [1.54, 1.807) is 8.93 Å². The second kappa shape index (κ2) is 6.53. The molecule has 4 nitrogen and oxygen atoms in total. The number of halogens is 1. The SMILES string of the molecule is OCC1OC(c2ccc(SI)cc2)CC(O)[C@@H]1O. The van der Waals surface area contributed by atoms with Crippen LogP contribution in [0.15, 0.2) is 29.2 Å². The fraction of sp³-hybridized carbons (Fsp3) is 0.500. The Bertz CT molecular complexity index is 386. The third kappa shape index (κ3) is 3.17. The highest BCUT2D eigenvalue weighted by atomic mass is 127. The lowest BCUT2D eigenvalue weighted by Crippen LogP contribution is -2.47. The quantitative estimate of drug-likeness (QED) is 0.694. The van der Waals surface area contributed by atoms with Gasteiger partial charge in [0.05, 0.1) is 18.8 Å². The van der Waals surface area contributed by atoms with Crippen LogP contribution in [-0.2, 0) is 4.74 Å². The Morgan fingerprint density at radius 1 is 1.28 bits per heavy atom. The molecule has 0 spiro atoms. The molecule has 2 rings (SSSR count). The van der Waals surface area contributed by atoms with Gasteiger partial charge in [-0.3, -0.25) is 0 Å². The van der Waals surface area contributed by atoms with Crippen LogP contribution in [-0.4, -0.2) is 40.2 Å². The third-order valence-electron chi connectivity index (χ3n) is 3.09. The molecule has 1 aliphatic rings.